The first-order valence-corrected chi connectivity index (χ1v) is 9.29. The van der Waals surface area contributed by atoms with Gasteiger partial charge in [0.15, 0.2) is 0 Å². The molecule has 0 aromatic heterocycles. The Morgan fingerprint density at radius 3 is 2.40 bits per heavy atom. The number of hydrogen-bond donors (Lipinski definition) is 3. The van der Waals surface area contributed by atoms with Crippen LogP contribution in [0.3, 0.4) is 0 Å². The second-order valence-electron chi connectivity index (χ2n) is 5.79. The van der Waals surface area contributed by atoms with Gasteiger partial charge in [-0.25, -0.2) is 8.42 Å². The smallest absolute Gasteiger partial charge is 0.322 e. The minimum Gasteiger partial charge on any atom is -0.496 e. The van der Waals surface area contributed by atoms with E-state index in [1.54, 1.807) is 20.8 Å². The van der Waals surface area contributed by atoms with Crippen LogP contribution >= 0.6 is 0 Å². The Morgan fingerprint density at radius 2 is 1.92 bits per heavy atom. The number of ether oxygens (including phenoxy) is 1. The van der Waals surface area contributed by atoms with Crippen molar-refractivity contribution in [2.45, 2.75) is 44.7 Å². The maximum absolute atomic E-state index is 12.5. The maximum Gasteiger partial charge on any atom is 0.322 e. The first kappa shape index (κ1) is 20.9. The van der Waals surface area contributed by atoms with E-state index in [1.807, 2.05) is 0 Å². The minimum atomic E-state index is -4.04. The highest BCUT2D eigenvalue weighted by molar-refractivity contribution is 7.89. The molecule has 140 valence electrons. The minimum absolute atomic E-state index is 0.0963. The molecule has 0 spiro atoms. The van der Waals surface area contributed by atoms with E-state index in [1.165, 1.54) is 25.3 Å². The zero-order chi connectivity index (χ0) is 19.2. The molecule has 0 aliphatic heterocycles. The van der Waals surface area contributed by atoms with E-state index in [0.29, 0.717) is 17.7 Å². The maximum atomic E-state index is 12.5. The van der Waals surface area contributed by atoms with Gasteiger partial charge in [0, 0.05) is 18.5 Å². The van der Waals surface area contributed by atoms with Crippen LogP contribution in [0.25, 0.3) is 0 Å². The van der Waals surface area contributed by atoms with Crippen molar-refractivity contribution in [2.24, 2.45) is 5.92 Å². The lowest BCUT2D eigenvalue weighted by Crippen LogP contribution is -2.44. The number of carboxylic acids is 1. The lowest BCUT2D eigenvalue weighted by molar-refractivity contribution is -0.140. The Hall–Kier alpha value is -2.13. The predicted molar refractivity (Wildman–Crippen MR) is 91.7 cm³/mol. The van der Waals surface area contributed by atoms with Crippen molar-refractivity contribution in [1.29, 1.82) is 0 Å². The lowest BCUT2D eigenvalue weighted by Gasteiger charge is -2.18. The fourth-order valence-corrected chi connectivity index (χ4v) is 3.47. The molecule has 25 heavy (non-hydrogen) atoms. The summed E-state index contributed by atoms with van der Waals surface area (Å²) in [5, 5.41) is 11.8. The molecule has 1 aromatic carbocycles. The van der Waals surface area contributed by atoms with Gasteiger partial charge in [0.2, 0.25) is 15.9 Å². The Morgan fingerprint density at radius 1 is 1.28 bits per heavy atom. The molecule has 0 heterocycles. The summed E-state index contributed by atoms with van der Waals surface area (Å²) in [4.78, 5) is 22.6. The molecule has 8 nitrogen and oxygen atoms in total. The summed E-state index contributed by atoms with van der Waals surface area (Å²) in [6.07, 6.45) is 0.302. The predicted octanol–water partition coefficient (Wildman–Crippen LogP) is 1.11. The average molecular weight is 372 g/mol. The highest BCUT2D eigenvalue weighted by Crippen LogP contribution is 2.23. The summed E-state index contributed by atoms with van der Waals surface area (Å²) in [5.74, 6) is -1.43. The fourth-order valence-electron chi connectivity index (χ4n) is 2.09. The van der Waals surface area contributed by atoms with Crippen molar-refractivity contribution in [1.82, 2.24) is 10.0 Å². The van der Waals surface area contributed by atoms with Crippen molar-refractivity contribution in [3.63, 3.8) is 0 Å². The Labute approximate surface area is 147 Å². The second-order valence-corrected chi connectivity index (χ2v) is 7.50. The van der Waals surface area contributed by atoms with Gasteiger partial charge in [-0.2, -0.15) is 4.72 Å². The number of carboxylic acid groups (broad SMARTS) is 1. The number of sulfonamides is 1. The number of methoxy groups -OCH3 is 1. The third-order valence-electron chi connectivity index (χ3n) is 3.57. The highest BCUT2D eigenvalue weighted by Gasteiger charge is 2.28. The third-order valence-corrected chi connectivity index (χ3v) is 5.01. The number of aliphatic carboxylic acids is 1. The number of benzene rings is 1. The molecule has 0 saturated carbocycles. The third kappa shape index (κ3) is 5.71. The van der Waals surface area contributed by atoms with Gasteiger partial charge < -0.3 is 15.2 Å². The van der Waals surface area contributed by atoms with Crippen LogP contribution in [0.1, 0.15) is 32.8 Å². The molecule has 0 saturated heterocycles. The van der Waals surface area contributed by atoms with E-state index in [0.717, 1.165) is 0 Å². The SMILES string of the molecule is CCC(=O)NCc1cc(S(=O)(=O)NC(C(=O)O)C(C)C)ccc1OC. The van der Waals surface area contributed by atoms with Gasteiger partial charge in [0.05, 0.1) is 12.0 Å². The number of nitrogens with one attached hydrogen (secondary N) is 2. The van der Waals surface area contributed by atoms with Crippen molar-refractivity contribution in [2.75, 3.05) is 7.11 Å². The number of amides is 1. The van der Waals surface area contributed by atoms with Gasteiger partial charge >= 0.3 is 5.97 Å². The standard InChI is InChI=1S/C16H24N2O6S/c1-5-14(19)17-9-11-8-12(6-7-13(11)24-4)25(22,23)18-15(10(2)3)16(20)21/h6-8,10,15,18H,5,9H2,1-4H3,(H,17,19)(H,20,21). The molecule has 0 bridgehead atoms. The van der Waals surface area contributed by atoms with Crippen LogP contribution in [0.5, 0.6) is 5.75 Å². The van der Waals surface area contributed by atoms with Gasteiger partial charge in [-0.15, -0.1) is 0 Å². The van der Waals surface area contributed by atoms with Crippen molar-refractivity contribution in [3.8, 4) is 5.75 Å². The summed E-state index contributed by atoms with van der Waals surface area (Å²) in [6.45, 7) is 5.03. The van der Waals surface area contributed by atoms with Crippen LogP contribution in [0.4, 0.5) is 0 Å². The summed E-state index contributed by atoms with van der Waals surface area (Å²) < 4.78 is 32.4. The lowest BCUT2D eigenvalue weighted by atomic mass is 10.1. The molecule has 0 aliphatic rings. The first-order valence-electron chi connectivity index (χ1n) is 7.81. The van der Waals surface area contributed by atoms with Crippen LogP contribution in [-0.4, -0.2) is 38.6 Å². The number of carbonyl (C=O) groups excluding carboxylic acids is 1. The quantitative estimate of drug-likeness (QED) is 0.597. The first-order chi connectivity index (χ1) is 11.6. The monoisotopic (exact) mass is 372 g/mol. The summed E-state index contributed by atoms with van der Waals surface area (Å²) in [7, 11) is -2.60. The number of rotatable bonds is 9. The molecule has 0 aliphatic carbocycles. The zero-order valence-electron chi connectivity index (χ0n) is 14.7. The molecule has 1 amide bonds. The molecule has 9 heteroatoms. The van der Waals surface area contributed by atoms with Crippen LogP contribution in [0, 0.1) is 5.92 Å². The van der Waals surface area contributed by atoms with Crippen LogP contribution in [0.15, 0.2) is 23.1 Å². The van der Waals surface area contributed by atoms with Crippen LogP contribution in [-0.2, 0) is 26.2 Å². The Kier molecular flexibility index (Phi) is 7.38. The highest BCUT2D eigenvalue weighted by atomic mass is 32.2. The average Bonchev–Trinajstić information content (AvgIpc) is 2.56. The Balaban J connectivity index is 3.14. The number of hydrogen-bond acceptors (Lipinski definition) is 5. The molecular formula is C16H24N2O6S. The van der Waals surface area contributed by atoms with E-state index in [4.69, 9.17) is 9.84 Å². The van der Waals surface area contributed by atoms with Crippen LogP contribution in [0.2, 0.25) is 0 Å². The van der Waals surface area contributed by atoms with E-state index < -0.39 is 28.0 Å². The molecule has 1 atom stereocenters. The van der Waals surface area contributed by atoms with E-state index in [9.17, 15) is 18.0 Å². The molecule has 1 unspecified atom stereocenters. The van der Waals surface area contributed by atoms with Gasteiger partial charge in [0.25, 0.3) is 0 Å². The van der Waals surface area contributed by atoms with E-state index in [2.05, 4.69) is 10.0 Å². The van der Waals surface area contributed by atoms with Crippen LogP contribution < -0.4 is 14.8 Å². The van der Waals surface area contributed by atoms with Gasteiger partial charge in [-0.3, -0.25) is 9.59 Å². The van der Waals surface area contributed by atoms with Gasteiger partial charge in [-0.05, 0) is 24.1 Å². The van der Waals surface area contributed by atoms with Crippen molar-refractivity contribution in [3.05, 3.63) is 23.8 Å². The zero-order valence-corrected chi connectivity index (χ0v) is 15.5. The second kappa shape index (κ2) is 8.82. The summed E-state index contributed by atoms with van der Waals surface area (Å²) in [6, 6.07) is 2.91. The largest absolute Gasteiger partial charge is 0.496 e. The molecular weight excluding hydrogens is 348 g/mol. The van der Waals surface area contributed by atoms with Gasteiger partial charge in [-0.1, -0.05) is 20.8 Å². The van der Waals surface area contributed by atoms with Crippen molar-refractivity contribution >= 4 is 21.9 Å². The normalized spacial score (nSPS) is 12.7. The topological polar surface area (TPSA) is 122 Å². The molecule has 3 N–H and O–H groups in total. The fraction of sp³-hybridized carbons (Fsp3) is 0.500. The van der Waals surface area contributed by atoms with Crippen molar-refractivity contribution < 1.29 is 27.9 Å². The Bertz CT molecular complexity index is 730. The summed E-state index contributed by atoms with van der Waals surface area (Å²) in [5.41, 5.74) is 0.476. The van der Waals surface area contributed by atoms with Gasteiger partial charge in [0.1, 0.15) is 11.8 Å². The summed E-state index contributed by atoms with van der Waals surface area (Å²) >= 11 is 0. The van der Waals surface area contributed by atoms with E-state index >= 15 is 0 Å². The molecule has 1 rings (SSSR count). The number of carbonyl (C=O) groups is 2. The molecule has 0 fully saturated rings. The molecule has 0 radical (unpaired) electrons. The molecule has 1 aromatic rings. The van der Waals surface area contributed by atoms with E-state index in [-0.39, 0.29) is 17.3 Å².